The van der Waals surface area contributed by atoms with E-state index in [1.165, 1.54) is 0 Å². The van der Waals surface area contributed by atoms with E-state index in [0.717, 1.165) is 6.42 Å². The smallest absolute Gasteiger partial charge is 0.305 e. The second-order valence-electron chi connectivity index (χ2n) is 3.87. The Kier molecular flexibility index (Phi) is 4.16. The third kappa shape index (κ3) is 7.37. The van der Waals surface area contributed by atoms with Crippen LogP contribution in [0.25, 0.3) is 0 Å². The van der Waals surface area contributed by atoms with Crippen LogP contribution in [0, 0.1) is 5.41 Å². The summed E-state index contributed by atoms with van der Waals surface area (Å²) in [6, 6.07) is 0. The molecule has 2 heteroatoms. The van der Waals surface area contributed by atoms with Crippen molar-refractivity contribution < 1.29 is 9.53 Å². The normalized spacial score (nSPS) is 11.3. The van der Waals surface area contributed by atoms with Gasteiger partial charge in [-0.05, 0) is 18.8 Å². The van der Waals surface area contributed by atoms with E-state index in [2.05, 4.69) is 20.8 Å². The van der Waals surface area contributed by atoms with Gasteiger partial charge in [0.25, 0.3) is 0 Å². The lowest BCUT2D eigenvalue weighted by Gasteiger charge is -2.16. The first-order chi connectivity index (χ1) is 4.95. The molecule has 0 unspecified atom stereocenters. The second kappa shape index (κ2) is 4.37. The van der Waals surface area contributed by atoms with Gasteiger partial charge in [-0.2, -0.15) is 0 Å². The van der Waals surface area contributed by atoms with Crippen LogP contribution < -0.4 is 0 Å². The van der Waals surface area contributed by atoms with Crippen LogP contribution in [-0.2, 0) is 9.53 Å². The molecule has 11 heavy (non-hydrogen) atoms. The molecule has 0 N–H and O–H groups in total. The van der Waals surface area contributed by atoms with Crippen LogP contribution in [0.1, 0.15) is 40.5 Å². The van der Waals surface area contributed by atoms with Crippen LogP contribution in [0.2, 0.25) is 0 Å². The summed E-state index contributed by atoms with van der Waals surface area (Å²) in [5.41, 5.74) is 0.229. The summed E-state index contributed by atoms with van der Waals surface area (Å²) in [6.07, 6.45) is 1.43. The van der Waals surface area contributed by atoms with Crippen LogP contribution in [0.4, 0.5) is 0 Å². The maximum absolute atomic E-state index is 10.9. The fraction of sp³-hybridized carbons (Fsp3) is 0.889. The van der Waals surface area contributed by atoms with E-state index in [4.69, 9.17) is 4.74 Å². The van der Waals surface area contributed by atoms with E-state index in [0.29, 0.717) is 13.0 Å². The van der Waals surface area contributed by atoms with Gasteiger partial charge in [0.05, 0.1) is 6.61 Å². The molecule has 0 aliphatic rings. The Hall–Kier alpha value is -0.530. The van der Waals surface area contributed by atoms with Crippen molar-refractivity contribution in [2.75, 3.05) is 6.61 Å². The molecule has 0 amide bonds. The first-order valence-corrected chi connectivity index (χ1v) is 4.11. The average molecular weight is 158 g/mol. The fourth-order valence-corrected chi connectivity index (χ4v) is 0.710. The molecule has 0 rings (SSSR count). The van der Waals surface area contributed by atoms with Crippen LogP contribution in [0.5, 0.6) is 0 Å². The summed E-state index contributed by atoms with van der Waals surface area (Å²) < 4.78 is 4.80. The van der Waals surface area contributed by atoms with E-state index < -0.39 is 0 Å². The fourth-order valence-electron chi connectivity index (χ4n) is 0.710. The van der Waals surface area contributed by atoms with Crippen molar-refractivity contribution in [3.8, 4) is 0 Å². The molecule has 0 fully saturated rings. The van der Waals surface area contributed by atoms with Gasteiger partial charge in [-0.25, -0.2) is 0 Å². The van der Waals surface area contributed by atoms with E-state index in [1.54, 1.807) is 0 Å². The van der Waals surface area contributed by atoms with Crippen molar-refractivity contribution in [2.45, 2.75) is 40.5 Å². The van der Waals surface area contributed by atoms with Gasteiger partial charge >= 0.3 is 5.97 Å². The molecular weight excluding hydrogens is 140 g/mol. The first-order valence-electron chi connectivity index (χ1n) is 4.11. The molecule has 0 atom stereocenters. The summed E-state index contributed by atoms with van der Waals surface area (Å²) in [5.74, 6) is -0.0811. The van der Waals surface area contributed by atoms with Crippen LogP contribution in [0.3, 0.4) is 0 Å². The Morgan fingerprint density at radius 3 is 2.27 bits per heavy atom. The maximum atomic E-state index is 10.9. The summed E-state index contributed by atoms with van der Waals surface area (Å²) in [4.78, 5) is 10.9. The van der Waals surface area contributed by atoms with Gasteiger partial charge in [0, 0.05) is 6.42 Å². The molecule has 0 heterocycles. The topological polar surface area (TPSA) is 26.3 Å². The van der Waals surface area contributed by atoms with Gasteiger partial charge in [0.2, 0.25) is 0 Å². The summed E-state index contributed by atoms with van der Waals surface area (Å²) >= 11 is 0. The Morgan fingerprint density at radius 2 is 1.91 bits per heavy atom. The van der Waals surface area contributed by atoms with Gasteiger partial charge in [-0.15, -0.1) is 0 Å². The van der Waals surface area contributed by atoms with Crippen LogP contribution in [0.15, 0.2) is 0 Å². The monoisotopic (exact) mass is 158 g/mol. The lowest BCUT2D eigenvalue weighted by molar-refractivity contribution is -0.143. The van der Waals surface area contributed by atoms with Crippen molar-refractivity contribution in [3.63, 3.8) is 0 Å². The standard InChI is InChI=1S/C9H18O2/c1-5-11-8(10)6-7-9(2,3)4/h5-7H2,1-4H3. The molecule has 0 saturated carbocycles. The van der Waals surface area contributed by atoms with Crippen molar-refractivity contribution in [3.05, 3.63) is 0 Å². The number of carbonyl (C=O) groups is 1. The number of esters is 1. The number of rotatable bonds is 3. The van der Waals surface area contributed by atoms with Gasteiger partial charge in [0.1, 0.15) is 0 Å². The lowest BCUT2D eigenvalue weighted by atomic mass is 9.91. The van der Waals surface area contributed by atoms with Crippen molar-refractivity contribution >= 4 is 5.97 Å². The molecule has 0 spiro atoms. The molecule has 0 aromatic carbocycles. The minimum Gasteiger partial charge on any atom is -0.466 e. The molecule has 66 valence electrons. The van der Waals surface area contributed by atoms with E-state index in [9.17, 15) is 4.79 Å². The van der Waals surface area contributed by atoms with Gasteiger partial charge < -0.3 is 4.74 Å². The van der Waals surface area contributed by atoms with E-state index >= 15 is 0 Å². The Labute approximate surface area is 68.9 Å². The Balaban J connectivity index is 3.46. The van der Waals surface area contributed by atoms with Crippen LogP contribution >= 0.6 is 0 Å². The Morgan fingerprint density at radius 1 is 1.36 bits per heavy atom. The zero-order chi connectivity index (χ0) is 8.91. The van der Waals surface area contributed by atoms with E-state index in [1.807, 2.05) is 6.92 Å². The molecule has 0 bridgehead atoms. The third-order valence-corrected chi connectivity index (χ3v) is 1.38. The van der Waals surface area contributed by atoms with Gasteiger partial charge in [-0.1, -0.05) is 20.8 Å². The highest BCUT2D eigenvalue weighted by molar-refractivity contribution is 5.69. The van der Waals surface area contributed by atoms with Crippen LogP contribution in [-0.4, -0.2) is 12.6 Å². The molecule has 0 aromatic heterocycles. The summed E-state index contributed by atoms with van der Waals surface area (Å²) in [6.45, 7) is 8.67. The Bertz CT molecular complexity index is 122. The second-order valence-corrected chi connectivity index (χ2v) is 3.87. The van der Waals surface area contributed by atoms with E-state index in [-0.39, 0.29) is 11.4 Å². The summed E-state index contributed by atoms with van der Waals surface area (Å²) in [7, 11) is 0. The predicted octanol–water partition coefficient (Wildman–Crippen LogP) is 2.38. The quantitative estimate of drug-likeness (QED) is 0.589. The van der Waals surface area contributed by atoms with Crippen molar-refractivity contribution in [1.82, 2.24) is 0 Å². The first kappa shape index (κ1) is 10.5. The molecule has 0 radical (unpaired) electrons. The van der Waals surface area contributed by atoms with Gasteiger partial charge in [0.15, 0.2) is 0 Å². The number of carbonyl (C=O) groups excluding carboxylic acids is 1. The molecule has 0 aromatic rings. The maximum Gasteiger partial charge on any atom is 0.305 e. The highest BCUT2D eigenvalue weighted by atomic mass is 16.5. The van der Waals surface area contributed by atoms with Gasteiger partial charge in [-0.3, -0.25) is 4.79 Å². The predicted molar refractivity (Wildman–Crippen MR) is 45.3 cm³/mol. The molecule has 0 aliphatic heterocycles. The minimum atomic E-state index is -0.0811. The average Bonchev–Trinajstić information content (AvgIpc) is 1.83. The summed E-state index contributed by atoms with van der Waals surface area (Å²) in [5, 5.41) is 0. The minimum absolute atomic E-state index is 0.0811. The SMILES string of the molecule is CCOC(=O)CCC(C)(C)C. The number of ether oxygens (including phenoxy) is 1. The number of hydrogen-bond acceptors (Lipinski definition) is 2. The molecule has 0 aliphatic carbocycles. The highest BCUT2D eigenvalue weighted by Crippen LogP contribution is 2.20. The number of hydrogen-bond donors (Lipinski definition) is 0. The molecule has 0 saturated heterocycles. The largest absolute Gasteiger partial charge is 0.466 e. The zero-order valence-corrected chi connectivity index (χ0v) is 7.94. The molecular formula is C9H18O2. The lowest BCUT2D eigenvalue weighted by Crippen LogP contribution is -2.10. The highest BCUT2D eigenvalue weighted by Gasteiger charge is 2.12. The zero-order valence-electron chi connectivity index (χ0n) is 7.94. The molecule has 2 nitrogen and oxygen atoms in total. The van der Waals surface area contributed by atoms with Crippen molar-refractivity contribution in [2.24, 2.45) is 5.41 Å². The third-order valence-electron chi connectivity index (χ3n) is 1.38. The van der Waals surface area contributed by atoms with Crippen molar-refractivity contribution in [1.29, 1.82) is 0 Å².